The van der Waals surface area contributed by atoms with Crippen molar-refractivity contribution in [2.75, 3.05) is 18.4 Å². The van der Waals surface area contributed by atoms with E-state index in [2.05, 4.69) is 29.7 Å². The first-order valence-corrected chi connectivity index (χ1v) is 6.68. The second-order valence-corrected chi connectivity index (χ2v) is 5.20. The van der Waals surface area contributed by atoms with Gasteiger partial charge in [-0.3, -0.25) is 0 Å². The van der Waals surface area contributed by atoms with Gasteiger partial charge in [0.25, 0.3) is 0 Å². The summed E-state index contributed by atoms with van der Waals surface area (Å²) in [5.41, 5.74) is 2.83. The molecule has 0 aromatic heterocycles. The van der Waals surface area contributed by atoms with Crippen molar-refractivity contribution in [1.82, 2.24) is 5.32 Å². The lowest BCUT2D eigenvalue weighted by Crippen LogP contribution is -2.38. The predicted octanol–water partition coefficient (Wildman–Crippen LogP) is 2.67. The minimum Gasteiger partial charge on any atom is -0.381 e. The number of aryl methyl sites for hydroxylation is 1. The number of anilines is 1. The molecule has 0 amide bonds. The fourth-order valence-electron chi connectivity index (χ4n) is 2.55. The molecule has 2 atom stereocenters. The topological polar surface area (TPSA) is 47.8 Å². The smallest absolute Gasteiger partial charge is 0.101 e. The van der Waals surface area contributed by atoms with Crippen molar-refractivity contribution in [3.8, 4) is 6.07 Å². The van der Waals surface area contributed by atoms with Crippen molar-refractivity contribution >= 4 is 5.69 Å². The van der Waals surface area contributed by atoms with Gasteiger partial charge < -0.3 is 10.6 Å². The molecule has 0 bridgehead atoms. The molecule has 0 saturated carbocycles. The minimum absolute atomic E-state index is 0.396. The predicted molar refractivity (Wildman–Crippen MR) is 74.6 cm³/mol. The maximum Gasteiger partial charge on any atom is 0.101 e. The van der Waals surface area contributed by atoms with Crippen LogP contribution in [0.4, 0.5) is 5.69 Å². The number of hydrogen-bond acceptors (Lipinski definition) is 3. The van der Waals surface area contributed by atoms with Crippen molar-refractivity contribution in [3.05, 3.63) is 29.3 Å². The summed E-state index contributed by atoms with van der Waals surface area (Å²) in [6.07, 6.45) is 2.50. The van der Waals surface area contributed by atoms with Gasteiger partial charge in [0, 0.05) is 6.04 Å². The molecule has 2 rings (SSSR count). The van der Waals surface area contributed by atoms with E-state index in [9.17, 15) is 0 Å². The second-order valence-electron chi connectivity index (χ2n) is 5.20. The average molecular weight is 243 g/mol. The number of nitrogens with one attached hydrogen (secondary N) is 2. The molecular weight excluding hydrogens is 222 g/mol. The maximum atomic E-state index is 9.16. The Bertz CT molecular complexity index is 442. The molecule has 1 aromatic carbocycles. The van der Waals surface area contributed by atoms with Gasteiger partial charge in [-0.05, 0) is 63.4 Å². The third-order valence-electron chi connectivity index (χ3n) is 3.72. The molecule has 0 spiro atoms. The van der Waals surface area contributed by atoms with Gasteiger partial charge in [0.15, 0.2) is 0 Å². The summed E-state index contributed by atoms with van der Waals surface area (Å²) >= 11 is 0. The zero-order chi connectivity index (χ0) is 13.0. The van der Waals surface area contributed by atoms with Crippen LogP contribution in [-0.4, -0.2) is 19.1 Å². The number of hydrogen-bond donors (Lipinski definition) is 2. The van der Waals surface area contributed by atoms with Gasteiger partial charge >= 0.3 is 0 Å². The number of benzene rings is 1. The van der Waals surface area contributed by atoms with Crippen LogP contribution in [-0.2, 0) is 0 Å². The second kappa shape index (κ2) is 5.88. The maximum absolute atomic E-state index is 9.16. The molecule has 1 aromatic rings. The van der Waals surface area contributed by atoms with Crippen LogP contribution in [0.25, 0.3) is 0 Å². The molecule has 2 N–H and O–H groups in total. The first kappa shape index (κ1) is 12.9. The van der Waals surface area contributed by atoms with Crippen LogP contribution >= 0.6 is 0 Å². The van der Waals surface area contributed by atoms with Gasteiger partial charge in [0.2, 0.25) is 0 Å². The Morgan fingerprint density at radius 1 is 1.50 bits per heavy atom. The van der Waals surface area contributed by atoms with Gasteiger partial charge in [-0.25, -0.2) is 0 Å². The van der Waals surface area contributed by atoms with Crippen LogP contribution in [0.3, 0.4) is 0 Å². The van der Waals surface area contributed by atoms with Gasteiger partial charge in [-0.2, -0.15) is 5.26 Å². The van der Waals surface area contributed by atoms with E-state index >= 15 is 0 Å². The van der Waals surface area contributed by atoms with Crippen molar-refractivity contribution in [2.45, 2.75) is 32.7 Å². The van der Waals surface area contributed by atoms with Crippen LogP contribution < -0.4 is 10.6 Å². The molecule has 1 fully saturated rings. The van der Waals surface area contributed by atoms with Crippen LogP contribution in [0.5, 0.6) is 0 Å². The van der Waals surface area contributed by atoms with Crippen LogP contribution in [0.2, 0.25) is 0 Å². The van der Waals surface area contributed by atoms with Crippen molar-refractivity contribution in [3.63, 3.8) is 0 Å². The summed E-state index contributed by atoms with van der Waals surface area (Å²) in [7, 11) is 0. The Morgan fingerprint density at radius 2 is 2.33 bits per heavy atom. The summed E-state index contributed by atoms with van der Waals surface area (Å²) in [5.74, 6) is 0.645. The highest BCUT2D eigenvalue weighted by atomic mass is 15.0. The standard InChI is InChI=1S/C15H21N3/c1-11-5-6-15(14(8-11)9-16)18-12(2)13-4-3-7-17-10-13/h5-6,8,12-13,17-18H,3-4,7,10H2,1-2H3. The number of nitriles is 1. The lowest BCUT2D eigenvalue weighted by atomic mass is 9.92. The third-order valence-corrected chi connectivity index (χ3v) is 3.72. The third kappa shape index (κ3) is 3.02. The molecule has 1 aliphatic rings. The molecule has 1 aliphatic heterocycles. The lowest BCUT2D eigenvalue weighted by molar-refractivity contribution is 0.347. The molecule has 0 aliphatic carbocycles. The van der Waals surface area contributed by atoms with E-state index in [0.29, 0.717) is 12.0 Å². The van der Waals surface area contributed by atoms with Gasteiger partial charge in [-0.1, -0.05) is 6.07 Å². The normalized spacial score (nSPS) is 21.1. The first-order chi connectivity index (χ1) is 8.70. The fourth-order valence-corrected chi connectivity index (χ4v) is 2.55. The molecule has 96 valence electrons. The Balaban J connectivity index is 2.06. The summed E-state index contributed by atoms with van der Waals surface area (Å²) in [6, 6.07) is 8.67. The number of rotatable bonds is 3. The van der Waals surface area contributed by atoms with Crippen molar-refractivity contribution < 1.29 is 0 Å². The monoisotopic (exact) mass is 243 g/mol. The van der Waals surface area contributed by atoms with E-state index < -0.39 is 0 Å². The minimum atomic E-state index is 0.396. The fraction of sp³-hybridized carbons (Fsp3) is 0.533. The molecule has 2 unspecified atom stereocenters. The van der Waals surface area contributed by atoms with E-state index in [-0.39, 0.29) is 0 Å². The van der Waals surface area contributed by atoms with Gasteiger partial charge in [0.05, 0.1) is 11.3 Å². The molecule has 3 nitrogen and oxygen atoms in total. The molecular formula is C15H21N3. The summed E-state index contributed by atoms with van der Waals surface area (Å²) in [5, 5.41) is 16.1. The van der Waals surface area contributed by atoms with Crippen molar-refractivity contribution in [2.24, 2.45) is 5.92 Å². The Labute approximate surface area is 109 Å². The zero-order valence-corrected chi connectivity index (χ0v) is 11.2. The molecule has 3 heteroatoms. The van der Waals surface area contributed by atoms with E-state index in [1.165, 1.54) is 12.8 Å². The number of nitrogens with zero attached hydrogens (tertiary/aromatic N) is 1. The lowest BCUT2D eigenvalue weighted by Gasteiger charge is -2.29. The van der Waals surface area contributed by atoms with E-state index in [1.54, 1.807) is 0 Å². The molecule has 0 radical (unpaired) electrons. The molecule has 18 heavy (non-hydrogen) atoms. The van der Waals surface area contributed by atoms with Crippen LogP contribution in [0.15, 0.2) is 18.2 Å². The molecule has 1 saturated heterocycles. The molecule has 1 heterocycles. The van der Waals surface area contributed by atoms with Crippen LogP contribution in [0, 0.1) is 24.2 Å². The highest BCUT2D eigenvalue weighted by Crippen LogP contribution is 2.22. The van der Waals surface area contributed by atoms with E-state index in [0.717, 1.165) is 29.9 Å². The average Bonchev–Trinajstić information content (AvgIpc) is 2.41. The van der Waals surface area contributed by atoms with E-state index in [1.807, 2.05) is 19.1 Å². The summed E-state index contributed by atoms with van der Waals surface area (Å²) < 4.78 is 0. The number of piperidine rings is 1. The Hall–Kier alpha value is -1.53. The SMILES string of the molecule is Cc1ccc(NC(C)C2CCCNC2)c(C#N)c1. The van der Waals surface area contributed by atoms with Crippen LogP contribution in [0.1, 0.15) is 30.9 Å². The first-order valence-electron chi connectivity index (χ1n) is 6.68. The summed E-state index contributed by atoms with van der Waals surface area (Å²) in [4.78, 5) is 0. The van der Waals surface area contributed by atoms with Crippen molar-refractivity contribution in [1.29, 1.82) is 5.26 Å². The quantitative estimate of drug-likeness (QED) is 0.858. The van der Waals surface area contributed by atoms with Gasteiger partial charge in [0.1, 0.15) is 6.07 Å². The largest absolute Gasteiger partial charge is 0.381 e. The van der Waals surface area contributed by atoms with E-state index in [4.69, 9.17) is 5.26 Å². The van der Waals surface area contributed by atoms with Gasteiger partial charge in [-0.15, -0.1) is 0 Å². The summed E-state index contributed by atoms with van der Waals surface area (Å²) in [6.45, 7) is 6.43. The highest BCUT2D eigenvalue weighted by Gasteiger charge is 2.20. The zero-order valence-electron chi connectivity index (χ0n) is 11.2. The Morgan fingerprint density at radius 3 is 3.00 bits per heavy atom. The highest BCUT2D eigenvalue weighted by molar-refractivity contribution is 5.59. The Kier molecular flexibility index (Phi) is 4.22.